The summed E-state index contributed by atoms with van der Waals surface area (Å²) in [5, 5.41) is 2.83. The van der Waals surface area contributed by atoms with Gasteiger partial charge >= 0.3 is 5.97 Å². The molecule has 29 heavy (non-hydrogen) atoms. The molecule has 1 heterocycles. The molecule has 2 aromatic carbocycles. The fourth-order valence-corrected chi connectivity index (χ4v) is 3.42. The third kappa shape index (κ3) is 5.26. The second kappa shape index (κ2) is 9.93. The lowest BCUT2D eigenvalue weighted by molar-refractivity contribution is -0.117. The molecule has 1 amide bonds. The van der Waals surface area contributed by atoms with E-state index in [1.165, 1.54) is 7.11 Å². The van der Waals surface area contributed by atoms with Gasteiger partial charge in [0.15, 0.2) is 0 Å². The molecule has 0 bridgehead atoms. The number of nitrogens with one attached hydrogen (secondary N) is 1. The number of benzene rings is 2. The van der Waals surface area contributed by atoms with E-state index in [2.05, 4.69) is 21.2 Å². The van der Waals surface area contributed by atoms with Gasteiger partial charge in [-0.25, -0.2) is 4.79 Å². The van der Waals surface area contributed by atoms with Crippen molar-refractivity contribution in [2.24, 2.45) is 0 Å². The van der Waals surface area contributed by atoms with E-state index in [9.17, 15) is 9.59 Å². The van der Waals surface area contributed by atoms with Crippen LogP contribution in [0.25, 0.3) is 0 Å². The zero-order chi connectivity index (χ0) is 20.6. The van der Waals surface area contributed by atoms with Gasteiger partial charge in [-0.05, 0) is 31.2 Å². The number of carbonyl (C=O) groups excluding carboxylic acids is 2. The average Bonchev–Trinajstić information content (AvgIpc) is 2.75. The van der Waals surface area contributed by atoms with Crippen molar-refractivity contribution >= 4 is 23.3 Å². The van der Waals surface area contributed by atoms with Crippen molar-refractivity contribution in [3.8, 4) is 5.75 Å². The van der Waals surface area contributed by atoms with Crippen molar-refractivity contribution in [2.45, 2.75) is 6.92 Å². The predicted molar refractivity (Wildman–Crippen MR) is 113 cm³/mol. The topological polar surface area (TPSA) is 71.1 Å². The number of ether oxygens (including phenoxy) is 2. The van der Waals surface area contributed by atoms with Gasteiger partial charge in [-0.15, -0.1) is 0 Å². The average molecular weight is 397 g/mol. The fourth-order valence-electron chi connectivity index (χ4n) is 3.42. The van der Waals surface area contributed by atoms with Crippen LogP contribution in [-0.4, -0.2) is 63.2 Å². The van der Waals surface area contributed by atoms with Crippen LogP contribution < -0.4 is 15.0 Å². The van der Waals surface area contributed by atoms with Crippen molar-refractivity contribution in [2.75, 3.05) is 56.7 Å². The molecule has 0 radical (unpaired) electrons. The Hall–Kier alpha value is -3.06. The number of piperazine rings is 1. The summed E-state index contributed by atoms with van der Waals surface area (Å²) in [4.78, 5) is 28.7. The minimum atomic E-state index is -0.470. The van der Waals surface area contributed by atoms with E-state index < -0.39 is 5.97 Å². The van der Waals surface area contributed by atoms with E-state index in [0.29, 0.717) is 17.9 Å². The maximum atomic E-state index is 12.5. The number of esters is 1. The van der Waals surface area contributed by atoms with E-state index in [0.717, 1.165) is 37.6 Å². The standard InChI is InChI=1S/C22H27N3O4/c1-3-29-20-11-7-6-10-19(20)25-14-12-24(13-15-25)16-21(26)23-18-9-5-4-8-17(18)22(27)28-2/h4-11H,3,12-16H2,1-2H3,(H,23,26). The summed E-state index contributed by atoms with van der Waals surface area (Å²) < 4.78 is 10.5. The van der Waals surface area contributed by atoms with Crippen molar-refractivity contribution in [1.29, 1.82) is 0 Å². The predicted octanol–water partition coefficient (Wildman–Crippen LogP) is 2.63. The lowest BCUT2D eigenvalue weighted by Gasteiger charge is -2.36. The summed E-state index contributed by atoms with van der Waals surface area (Å²) in [5.74, 6) is 0.271. The first-order valence-corrected chi connectivity index (χ1v) is 9.78. The Balaban J connectivity index is 1.55. The number of para-hydroxylation sites is 3. The Bertz CT molecular complexity index is 847. The minimum Gasteiger partial charge on any atom is -0.492 e. The van der Waals surface area contributed by atoms with E-state index in [1.54, 1.807) is 24.3 Å². The van der Waals surface area contributed by atoms with Crippen LogP contribution in [0.4, 0.5) is 11.4 Å². The molecule has 3 rings (SSSR count). The fraction of sp³-hybridized carbons (Fsp3) is 0.364. The number of carbonyl (C=O) groups is 2. The van der Waals surface area contributed by atoms with Gasteiger partial charge < -0.3 is 19.7 Å². The lowest BCUT2D eigenvalue weighted by atomic mass is 10.2. The second-order valence-corrected chi connectivity index (χ2v) is 6.75. The maximum Gasteiger partial charge on any atom is 0.339 e. The Labute approximate surface area is 171 Å². The highest BCUT2D eigenvalue weighted by Crippen LogP contribution is 2.28. The first-order chi connectivity index (χ1) is 14.1. The normalized spacial score (nSPS) is 14.3. The largest absolute Gasteiger partial charge is 0.492 e. The van der Waals surface area contributed by atoms with Crippen molar-refractivity contribution in [1.82, 2.24) is 4.90 Å². The van der Waals surface area contributed by atoms with E-state index in [4.69, 9.17) is 9.47 Å². The third-order valence-corrected chi connectivity index (χ3v) is 4.85. The van der Waals surface area contributed by atoms with Crippen LogP contribution in [0.2, 0.25) is 0 Å². The highest BCUT2D eigenvalue weighted by atomic mass is 16.5. The summed E-state index contributed by atoms with van der Waals surface area (Å²) in [6.07, 6.45) is 0. The molecule has 0 aromatic heterocycles. The molecule has 0 spiro atoms. The molecule has 1 aliphatic heterocycles. The van der Waals surface area contributed by atoms with Gasteiger partial charge in [-0.1, -0.05) is 24.3 Å². The minimum absolute atomic E-state index is 0.149. The third-order valence-electron chi connectivity index (χ3n) is 4.85. The van der Waals surface area contributed by atoms with Crippen LogP contribution in [0.3, 0.4) is 0 Å². The van der Waals surface area contributed by atoms with Crippen LogP contribution in [0.1, 0.15) is 17.3 Å². The smallest absolute Gasteiger partial charge is 0.339 e. The van der Waals surface area contributed by atoms with Gasteiger partial charge in [-0.2, -0.15) is 0 Å². The van der Waals surface area contributed by atoms with Gasteiger partial charge in [0, 0.05) is 26.2 Å². The van der Waals surface area contributed by atoms with Crippen LogP contribution >= 0.6 is 0 Å². The molecule has 1 saturated heterocycles. The zero-order valence-electron chi connectivity index (χ0n) is 16.9. The summed E-state index contributed by atoms with van der Waals surface area (Å²) >= 11 is 0. The Morgan fingerprint density at radius 2 is 1.69 bits per heavy atom. The molecule has 0 unspecified atom stereocenters. The molecule has 0 aliphatic carbocycles. The van der Waals surface area contributed by atoms with Crippen LogP contribution in [0.5, 0.6) is 5.75 Å². The lowest BCUT2D eigenvalue weighted by Crippen LogP contribution is -2.48. The van der Waals surface area contributed by atoms with Gasteiger partial charge in [0.25, 0.3) is 0 Å². The van der Waals surface area contributed by atoms with Crippen LogP contribution in [-0.2, 0) is 9.53 Å². The number of methoxy groups -OCH3 is 1. The maximum absolute atomic E-state index is 12.5. The number of anilines is 2. The SMILES string of the molecule is CCOc1ccccc1N1CCN(CC(=O)Nc2ccccc2C(=O)OC)CC1. The number of rotatable bonds is 7. The zero-order valence-corrected chi connectivity index (χ0v) is 16.9. The Morgan fingerprint density at radius 1 is 1.00 bits per heavy atom. The summed E-state index contributed by atoms with van der Waals surface area (Å²) in [6.45, 7) is 6.05. The van der Waals surface area contributed by atoms with Crippen molar-refractivity contribution < 1.29 is 19.1 Å². The first kappa shape index (κ1) is 20.7. The number of amides is 1. The summed E-state index contributed by atoms with van der Waals surface area (Å²) in [6, 6.07) is 14.9. The van der Waals surface area contributed by atoms with E-state index >= 15 is 0 Å². The van der Waals surface area contributed by atoms with Crippen LogP contribution in [0.15, 0.2) is 48.5 Å². The Morgan fingerprint density at radius 3 is 2.41 bits per heavy atom. The number of nitrogens with zero attached hydrogens (tertiary/aromatic N) is 2. The summed E-state index contributed by atoms with van der Waals surface area (Å²) in [7, 11) is 1.32. The molecule has 1 aliphatic rings. The number of hydrogen-bond donors (Lipinski definition) is 1. The molecule has 1 fully saturated rings. The molecule has 0 saturated carbocycles. The molecule has 7 heteroatoms. The van der Waals surface area contributed by atoms with Crippen molar-refractivity contribution in [3.05, 3.63) is 54.1 Å². The van der Waals surface area contributed by atoms with E-state index in [-0.39, 0.29) is 12.5 Å². The Kier molecular flexibility index (Phi) is 7.08. The molecular formula is C22H27N3O4. The van der Waals surface area contributed by atoms with Gasteiger partial charge in [0.2, 0.25) is 5.91 Å². The molecule has 154 valence electrons. The first-order valence-electron chi connectivity index (χ1n) is 9.78. The molecule has 2 aromatic rings. The molecule has 0 atom stereocenters. The highest BCUT2D eigenvalue weighted by Gasteiger charge is 2.22. The van der Waals surface area contributed by atoms with E-state index in [1.807, 2.05) is 25.1 Å². The highest BCUT2D eigenvalue weighted by molar-refractivity contribution is 6.01. The monoisotopic (exact) mass is 397 g/mol. The van der Waals surface area contributed by atoms with Gasteiger partial charge in [0.1, 0.15) is 5.75 Å². The second-order valence-electron chi connectivity index (χ2n) is 6.75. The number of hydrogen-bond acceptors (Lipinski definition) is 6. The van der Waals surface area contributed by atoms with Crippen LogP contribution in [0, 0.1) is 0 Å². The quantitative estimate of drug-likeness (QED) is 0.725. The molecule has 7 nitrogen and oxygen atoms in total. The molecular weight excluding hydrogens is 370 g/mol. The van der Waals surface area contributed by atoms with Crippen molar-refractivity contribution in [3.63, 3.8) is 0 Å². The van der Waals surface area contributed by atoms with Gasteiger partial charge in [0.05, 0.1) is 37.2 Å². The molecule has 1 N–H and O–H groups in total. The summed E-state index contributed by atoms with van der Waals surface area (Å²) in [5.41, 5.74) is 1.90. The van der Waals surface area contributed by atoms with Gasteiger partial charge in [-0.3, -0.25) is 9.69 Å².